The van der Waals surface area contributed by atoms with Crippen LogP contribution in [0.1, 0.15) is 11.1 Å². The van der Waals surface area contributed by atoms with E-state index in [0.29, 0.717) is 19.8 Å². The zero-order valence-corrected chi connectivity index (χ0v) is 18.0. The Morgan fingerprint density at radius 1 is 1.16 bits per heavy atom. The summed E-state index contributed by atoms with van der Waals surface area (Å²) in [5, 5.41) is 7.74. The highest BCUT2D eigenvalue weighted by molar-refractivity contribution is 5.78. The van der Waals surface area contributed by atoms with Gasteiger partial charge in [0.15, 0.2) is 5.82 Å². The second kappa shape index (κ2) is 9.66. The number of aryl methyl sites for hydroxylation is 1. The van der Waals surface area contributed by atoms with Crippen LogP contribution in [0.5, 0.6) is 5.75 Å². The lowest BCUT2D eigenvalue weighted by molar-refractivity contribution is -0.122. The maximum Gasteiger partial charge on any atom is 0.241 e. The van der Waals surface area contributed by atoms with Crippen LogP contribution in [0.4, 0.5) is 5.82 Å². The minimum Gasteiger partial charge on any atom is -0.497 e. The maximum atomic E-state index is 12.6. The molecule has 7 heteroatoms. The molecule has 0 bridgehead atoms. The average Bonchev–Trinajstić information content (AvgIpc) is 3.22. The van der Waals surface area contributed by atoms with Crippen molar-refractivity contribution >= 4 is 11.7 Å². The number of amides is 1. The molecular formula is C24H28N4O3. The third-order valence-electron chi connectivity index (χ3n) is 5.33. The summed E-state index contributed by atoms with van der Waals surface area (Å²) in [5.41, 5.74) is 4.30. The Labute approximate surface area is 182 Å². The molecule has 1 aliphatic rings. The van der Waals surface area contributed by atoms with Crippen molar-refractivity contribution in [1.82, 2.24) is 15.1 Å². The number of carbonyl (C=O) groups is 1. The molecule has 0 spiro atoms. The van der Waals surface area contributed by atoms with Crippen LogP contribution in [-0.4, -0.2) is 49.1 Å². The number of ether oxygens (including phenoxy) is 2. The number of aromatic nitrogens is 2. The Morgan fingerprint density at radius 2 is 1.94 bits per heavy atom. The molecule has 7 nitrogen and oxygen atoms in total. The van der Waals surface area contributed by atoms with E-state index in [-0.39, 0.29) is 12.5 Å². The molecule has 3 aromatic rings. The molecule has 0 unspecified atom stereocenters. The zero-order chi connectivity index (χ0) is 21.6. The smallest absolute Gasteiger partial charge is 0.241 e. The van der Waals surface area contributed by atoms with Gasteiger partial charge in [0.2, 0.25) is 5.91 Å². The molecule has 1 saturated heterocycles. The second-order valence-electron chi connectivity index (χ2n) is 7.66. The molecule has 0 aliphatic carbocycles. The van der Waals surface area contributed by atoms with Gasteiger partial charge in [-0.15, -0.1) is 0 Å². The van der Waals surface area contributed by atoms with Crippen molar-refractivity contribution < 1.29 is 14.3 Å². The lowest BCUT2D eigenvalue weighted by Crippen LogP contribution is -2.37. The molecule has 2 heterocycles. The van der Waals surface area contributed by atoms with Crippen molar-refractivity contribution in [1.29, 1.82) is 0 Å². The van der Waals surface area contributed by atoms with Crippen LogP contribution in [0.25, 0.3) is 11.1 Å². The number of hydrogen-bond donors (Lipinski definition) is 1. The van der Waals surface area contributed by atoms with Crippen LogP contribution in [0.15, 0.2) is 54.7 Å². The maximum absolute atomic E-state index is 12.6. The fourth-order valence-electron chi connectivity index (χ4n) is 3.70. The van der Waals surface area contributed by atoms with Gasteiger partial charge < -0.3 is 19.7 Å². The van der Waals surface area contributed by atoms with Gasteiger partial charge in [0, 0.05) is 31.4 Å². The first-order valence-electron chi connectivity index (χ1n) is 10.5. The molecule has 1 aliphatic heterocycles. The van der Waals surface area contributed by atoms with E-state index in [1.54, 1.807) is 11.8 Å². The Morgan fingerprint density at radius 3 is 2.65 bits per heavy atom. The van der Waals surface area contributed by atoms with E-state index in [1.807, 2.05) is 55.6 Å². The fraction of sp³-hybridized carbons (Fsp3) is 0.333. The number of hydrogen-bond acceptors (Lipinski definition) is 5. The first-order chi connectivity index (χ1) is 15.1. The summed E-state index contributed by atoms with van der Waals surface area (Å²) >= 11 is 0. The Kier molecular flexibility index (Phi) is 6.52. The summed E-state index contributed by atoms with van der Waals surface area (Å²) in [6, 6.07) is 16.0. The number of morpholine rings is 1. The summed E-state index contributed by atoms with van der Waals surface area (Å²) in [6.07, 6.45) is 1.94. The van der Waals surface area contributed by atoms with Gasteiger partial charge in [0.25, 0.3) is 0 Å². The van der Waals surface area contributed by atoms with Crippen molar-refractivity contribution in [2.45, 2.75) is 20.0 Å². The van der Waals surface area contributed by atoms with E-state index in [2.05, 4.69) is 16.3 Å². The number of rotatable bonds is 7. The van der Waals surface area contributed by atoms with E-state index >= 15 is 0 Å². The molecule has 1 N–H and O–H groups in total. The number of anilines is 1. The lowest BCUT2D eigenvalue weighted by Gasteiger charge is -2.27. The monoisotopic (exact) mass is 420 g/mol. The Balaban J connectivity index is 1.51. The van der Waals surface area contributed by atoms with Crippen LogP contribution in [0.3, 0.4) is 0 Å². The molecule has 1 amide bonds. The highest BCUT2D eigenvalue weighted by Crippen LogP contribution is 2.31. The summed E-state index contributed by atoms with van der Waals surface area (Å²) in [6.45, 7) is 5.61. The first-order valence-corrected chi connectivity index (χ1v) is 10.5. The van der Waals surface area contributed by atoms with Crippen molar-refractivity contribution in [3.05, 3.63) is 65.9 Å². The first kappa shape index (κ1) is 20.9. The van der Waals surface area contributed by atoms with Gasteiger partial charge in [-0.05, 0) is 30.2 Å². The van der Waals surface area contributed by atoms with E-state index in [9.17, 15) is 4.79 Å². The number of nitrogens with zero attached hydrogens (tertiary/aromatic N) is 3. The van der Waals surface area contributed by atoms with Gasteiger partial charge >= 0.3 is 0 Å². The number of carbonyl (C=O) groups excluding carboxylic acids is 1. The van der Waals surface area contributed by atoms with Gasteiger partial charge in [-0.3, -0.25) is 9.48 Å². The van der Waals surface area contributed by atoms with Gasteiger partial charge in [0.1, 0.15) is 12.3 Å². The van der Waals surface area contributed by atoms with Gasteiger partial charge in [-0.2, -0.15) is 5.10 Å². The van der Waals surface area contributed by atoms with Gasteiger partial charge in [0.05, 0.1) is 20.3 Å². The Bertz CT molecular complexity index is 1020. The van der Waals surface area contributed by atoms with Crippen molar-refractivity contribution in [2.75, 3.05) is 38.3 Å². The number of benzene rings is 2. The molecule has 162 valence electrons. The number of methoxy groups -OCH3 is 1. The highest BCUT2D eigenvalue weighted by atomic mass is 16.5. The molecule has 1 fully saturated rings. The molecular weight excluding hydrogens is 392 g/mol. The van der Waals surface area contributed by atoms with Crippen LogP contribution >= 0.6 is 0 Å². The highest BCUT2D eigenvalue weighted by Gasteiger charge is 2.20. The van der Waals surface area contributed by atoms with Gasteiger partial charge in [-0.25, -0.2) is 0 Å². The van der Waals surface area contributed by atoms with Crippen LogP contribution in [0, 0.1) is 6.92 Å². The molecule has 4 rings (SSSR count). The topological polar surface area (TPSA) is 68.6 Å². The van der Waals surface area contributed by atoms with Crippen LogP contribution in [0.2, 0.25) is 0 Å². The SMILES string of the molecule is COc1ccc(-c2cn(CC(=O)NCc3cccc(C)c3)nc2N2CCOCC2)cc1. The third-order valence-corrected chi connectivity index (χ3v) is 5.33. The largest absolute Gasteiger partial charge is 0.497 e. The van der Waals surface area contributed by atoms with E-state index in [0.717, 1.165) is 41.3 Å². The lowest BCUT2D eigenvalue weighted by atomic mass is 10.1. The third kappa shape index (κ3) is 5.24. The van der Waals surface area contributed by atoms with E-state index in [1.165, 1.54) is 5.56 Å². The minimum absolute atomic E-state index is 0.0705. The standard InChI is InChI=1S/C24H28N4O3/c1-18-4-3-5-19(14-18)15-25-23(29)17-28-16-22(20-6-8-21(30-2)9-7-20)24(26-28)27-10-12-31-13-11-27/h3-9,14,16H,10-13,15,17H2,1-2H3,(H,25,29). The van der Waals surface area contributed by atoms with E-state index in [4.69, 9.17) is 14.6 Å². The average molecular weight is 421 g/mol. The normalized spacial score (nSPS) is 13.8. The number of nitrogens with one attached hydrogen (secondary N) is 1. The molecule has 0 atom stereocenters. The summed E-state index contributed by atoms with van der Waals surface area (Å²) in [5.74, 6) is 1.61. The Hall–Kier alpha value is -3.32. The summed E-state index contributed by atoms with van der Waals surface area (Å²) < 4.78 is 12.5. The molecule has 0 saturated carbocycles. The van der Waals surface area contributed by atoms with Crippen LogP contribution < -0.4 is 15.0 Å². The predicted molar refractivity (Wildman–Crippen MR) is 120 cm³/mol. The van der Waals surface area contributed by atoms with Crippen molar-refractivity contribution in [3.63, 3.8) is 0 Å². The predicted octanol–water partition coefficient (Wildman–Crippen LogP) is 3.02. The van der Waals surface area contributed by atoms with Crippen LogP contribution in [-0.2, 0) is 22.6 Å². The summed E-state index contributed by atoms with van der Waals surface area (Å²) in [7, 11) is 1.65. The fourth-order valence-corrected chi connectivity index (χ4v) is 3.70. The quantitative estimate of drug-likeness (QED) is 0.636. The summed E-state index contributed by atoms with van der Waals surface area (Å²) in [4.78, 5) is 14.8. The molecule has 1 aromatic heterocycles. The van der Waals surface area contributed by atoms with Crippen molar-refractivity contribution in [3.8, 4) is 16.9 Å². The van der Waals surface area contributed by atoms with E-state index < -0.39 is 0 Å². The zero-order valence-electron chi connectivity index (χ0n) is 18.0. The molecule has 31 heavy (non-hydrogen) atoms. The molecule has 2 aromatic carbocycles. The second-order valence-corrected chi connectivity index (χ2v) is 7.66. The minimum atomic E-state index is -0.0705. The van der Waals surface area contributed by atoms with Gasteiger partial charge in [-0.1, -0.05) is 42.0 Å². The molecule has 0 radical (unpaired) electrons. The van der Waals surface area contributed by atoms with Crippen molar-refractivity contribution in [2.24, 2.45) is 0 Å².